The lowest BCUT2D eigenvalue weighted by atomic mass is 10.3. The Morgan fingerprint density at radius 1 is 1.17 bits per heavy atom. The van der Waals surface area contributed by atoms with Crippen LogP contribution in [0, 0.1) is 5.21 Å². The van der Waals surface area contributed by atoms with Gasteiger partial charge in [-0.3, -0.25) is 0 Å². The van der Waals surface area contributed by atoms with Crippen molar-refractivity contribution < 1.29 is 9.15 Å². The van der Waals surface area contributed by atoms with E-state index in [1.54, 1.807) is 36.6 Å². The van der Waals surface area contributed by atoms with Crippen LogP contribution in [0.3, 0.4) is 0 Å². The first-order valence-electron chi connectivity index (χ1n) is 3.60. The second kappa shape index (κ2) is 2.70. The van der Waals surface area contributed by atoms with Crippen molar-refractivity contribution >= 4 is 0 Å². The summed E-state index contributed by atoms with van der Waals surface area (Å²) in [6.45, 7) is 0. The van der Waals surface area contributed by atoms with Gasteiger partial charge in [0.2, 0.25) is 0 Å². The molecule has 0 unspecified atom stereocenters. The van der Waals surface area contributed by atoms with Crippen molar-refractivity contribution in [2.75, 3.05) is 0 Å². The summed E-state index contributed by atoms with van der Waals surface area (Å²) in [6.07, 6.45) is 2.99. The summed E-state index contributed by atoms with van der Waals surface area (Å²) in [4.78, 5) is 0. The fourth-order valence-corrected chi connectivity index (χ4v) is 1.04. The van der Waals surface area contributed by atoms with E-state index in [0.29, 0.717) is 11.5 Å². The molecule has 0 N–H and O–H groups in total. The maximum Gasteiger partial charge on any atom is 0.259 e. The van der Waals surface area contributed by atoms with Crippen LogP contribution in [0.25, 0.3) is 11.5 Å². The molecule has 2 heterocycles. The molecule has 0 saturated heterocycles. The number of rotatable bonds is 1. The molecule has 0 aromatic carbocycles. The largest absolute Gasteiger partial charge is 0.618 e. The maximum atomic E-state index is 11.2. The lowest BCUT2D eigenvalue weighted by molar-refractivity contribution is -0.594. The molecule has 0 aliphatic rings. The Morgan fingerprint density at radius 3 is 2.75 bits per heavy atom. The molecule has 0 bridgehead atoms. The zero-order chi connectivity index (χ0) is 8.39. The summed E-state index contributed by atoms with van der Waals surface area (Å²) in [6, 6.07) is 8.70. The zero-order valence-electron chi connectivity index (χ0n) is 6.31. The third-order valence-corrected chi connectivity index (χ3v) is 1.60. The van der Waals surface area contributed by atoms with E-state index in [4.69, 9.17) is 4.42 Å². The molecule has 2 aromatic rings. The highest BCUT2D eigenvalue weighted by molar-refractivity contribution is 5.47. The van der Waals surface area contributed by atoms with Crippen LogP contribution in [0.1, 0.15) is 0 Å². The number of pyridine rings is 1. The van der Waals surface area contributed by atoms with Gasteiger partial charge in [-0.1, -0.05) is 0 Å². The Morgan fingerprint density at radius 2 is 2.08 bits per heavy atom. The summed E-state index contributed by atoms with van der Waals surface area (Å²) in [7, 11) is 0. The standard InChI is InChI=1S/C9H7NO2/c11-10-6-2-1-4-8(10)9-5-3-7-12-9/h1-7H. The van der Waals surface area contributed by atoms with Crippen LogP contribution in [0.2, 0.25) is 0 Å². The molecular weight excluding hydrogens is 154 g/mol. The van der Waals surface area contributed by atoms with E-state index in [2.05, 4.69) is 0 Å². The Kier molecular flexibility index (Phi) is 1.55. The molecule has 0 amide bonds. The summed E-state index contributed by atoms with van der Waals surface area (Å²) < 4.78 is 5.86. The average molecular weight is 161 g/mol. The predicted octanol–water partition coefficient (Wildman–Crippen LogP) is 1.58. The van der Waals surface area contributed by atoms with Gasteiger partial charge in [-0.15, -0.1) is 0 Å². The molecule has 0 aliphatic heterocycles. The Balaban J connectivity index is 2.55. The smallest absolute Gasteiger partial charge is 0.259 e. The number of aromatic nitrogens is 1. The van der Waals surface area contributed by atoms with Crippen LogP contribution in [-0.4, -0.2) is 0 Å². The molecule has 60 valence electrons. The maximum absolute atomic E-state index is 11.2. The lowest BCUT2D eigenvalue weighted by Crippen LogP contribution is -2.27. The predicted molar refractivity (Wildman–Crippen MR) is 43.1 cm³/mol. The highest BCUT2D eigenvalue weighted by Gasteiger charge is 2.08. The van der Waals surface area contributed by atoms with Crippen molar-refractivity contribution in [1.29, 1.82) is 0 Å². The van der Waals surface area contributed by atoms with Gasteiger partial charge in [0.05, 0.1) is 6.26 Å². The number of hydrogen-bond donors (Lipinski definition) is 0. The SMILES string of the molecule is [O-][n+]1ccccc1-c1ccco1. The van der Waals surface area contributed by atoms with E-state index in [0.717, 1.165) is 4.73 Å². The second-order valence-electron chi connectivity index (χ2n) is 2.39. The first-order valence-corrected chi connectivity index (χ1v) is 3.60. The summed E-state index contributed by atoms with van der Waals surface area (Å²) in [5, 5.41) is 11.2. The minimum absolute atomic E-state index is 0.530. The second-order valence-corrected chi connectivity index (χ2v) is 2.39. The highest BCUT2D eigenvalue weighted by atomic mass is 16.5. The van der Waals surface area contributed by atoms with E-state index in [1.165, 1.54) is 6.20 Å². The summed E-state index contributed by atoms with van der Waals surface area (Å²) >= 11 is 0. The van der Waals surface area contributed by atoms with E-state index < -0.39 is 0 Å². The number of furan rings is 1. The monoisotopic (exact) mass is 161 g/mol. The molecular formula is C9H7NO2. The molecule has 0 atom stereocenters. The van der Waals surface area contributed by atoms with Gasteiger partial charge in [-0.05, 0) is 18.2 Å². The van der Waals surface area contributed by atoms with Crippen molar-refractivity contribution in [3.63, 3.8) is 0 Å². The molecule has 0 spiro atoms. The zero-order valence-corrected chi connectivity index (χ0v) is 6.31. The third-order valence-electron chi connectivity index (χ3n) is 1.60. The quantitative estimate of drug-likeness (QED) is 0.470. The normalized spacial score (nSPS) is 10.0. The molecule has 0 fully saturated rings. The van der Waals surface area contributed by atoms with Crippen LogP contribution < -0.4 is 4.73 Å². The van der Waals surface area contributed by atoms with Gasteiger partial charge in [0, 0.05) is 12.1 Å². The third kappa shape index (κ3) is 1.05. The van der Waals surface area contributed by atoms with Crippen LogP contribution in [0.15, 0.2) is 47.2 Å². The van der Waals surface area contributed by atoms with E-state index >= 15 is 0 Å². The van der Waals surface area contributed by atoms with Crippen molar-refractivity contribution in [1.82, 2.24) is 0 Å². The van der Waals surface area contributed by atoms with Crippen molar-refractivity contribution in [2.45, 2.75) is 0 Å². The Hall–Kier alpha value is -1.77. The molecule has 12 heavy (non-hydrogen) atoms. The minimum Gasteiger partial charge on any atom is -0.618 e. The number of nitrogens with zero attached hydrogens (tertiary/aromatic N) is 1. The minimum atomic E-state index is 0.530. The molecule has 2 aromatic heterocycles. The van der Waals surface area contributed by atoms with Gasteiger partial charge in [-0.25, -0.2) is 0 Å². The Labute approximate surface area is 69.5 Å². The number of hydrogen-bond acceptors (Lipinski definition) is 2. The van der Waals surface area contributed by atoms with Crippen LogP contribution in [0.5, 0.6) is 0 Å². The van der Waals surface area contributed by atoms with Crippen molar-refractivity contribution in [3.8, 4) is 11.5 Å². The first-order chi connectivity index (χ1) is 5.88. The Bertz CT molecular complexity index is 368. The van der Waals surface area contributed by atoms with E-state index in [-0.39, 0.29) is 0 Å². The molecule has 3 nitrogen and oxygen atoms in total. The summed E-state index contributed by atoms with van der Waals surface area (Å²) in [5.74, 6) is 0.589. The van der Waals surface area contributed by atoms with E-state index in [1.807, 2.05) is 0 Å². The topological polar surface area (TPSA) is 40.1 Å². The lowest BCUT2D eigenvalue weighted by Gasteiger charge is -1.99. The average Bonchev–Trinajstić information content (AvgIpc) is 2.57. The molecule has 0 aliphatic carbocycles. The van der Waals surface area contributed by atoms with Crippen LogP contribution in [0.4, 0.5) is 0 Å². The van der Waals surface area contributed by atoms with Crippen molar-refractivity contribution in [2.24, 2.45) is 0 Å². The molecule has 3 heteroatoms. The van der Waals surface area contributed by atoms with Crippen LogP contribution in [-0.2, 0) is 0 Å². The van der Waals surface area contributed by atoms with Gasteiger partial charge in [0.1, 0.15) is 0 Å². The van der Waals surface area contributed by atoms with Gasteiger partial charge >= 0.3 is 0 Å². The highest BCUT2D eigenvalue weighted by Crippen LogP contribution is 2.14. The molecule has 0 saturated carbocycles. The first kappa shape index (κ1) is 6.91. The van der Waals surface area contributed by atoms with Gasteiger partial charge in [-0.2, -0.15) is 4.73 Å². The fourth-order valence-electron chi connectivity index (χ4n) is 1.04. The van der Waals surface area contributed by atoms with Gasteiger partial charge in [0.25, 0.3) is 5.69 Å². The van der Waals surface area contributed by atoms with Crippen molar-refractivity contribution in [3.05, 3.63) is 48.0 Å². The summed E-state index contributed by atoms with van der Waals surface area (Å²) in [5.41, 5.74) is 0.530. The van der Waals surface area contributed by atoms with E-state index in [9.17, 15) is 5.21 Å². The van der Waals surface area contributed by atoms with Crippen LogP contribution >= 0.6 is 0 Å². The van der Waals surface area contributed by atoms with Gasteiger partial charge < -0.3 is 9.62 Å². The van der Waals surface area contributed by atoms with Gasteiger partial charge in [0.15, 0.2) is 12.0 Å². The molecule has 2 rings (SSSR count). The fraction of sp³-hybridized carbons (Fsp3) is 0. The molecule has 0 radical (unpaired) electrons.